The molecule has 0 saturated heterocycles. The third-order valence-corrected chi connectivity index (χ3v) is 3.34. The van der Waals surface area contributed by atoms with Crippen molar-refractivity contribution in [3.8, 4) is 17.6 Å². The Morgan fingerprint density at radius 1 is 1.41 bits per heavy atom. The van der Waals surface area contributed by atoms with Gasteiger partial charge in [-0.15, -0.1) is 0 Å². The smallest absolute Gasteiger partial charge is 0.134 e. The lowest BCUT2D eigenvalue weighted by molar-refractivity contribution is 0.413. The minimum absolute atomic E-state index is 0.369. The molecule has 0 aromatic heterocycles. The molecule has 0 unspecified atom stereocenters. The molecule has 0 fully saturated rings. The molecule has 0 bridgehead atoms. The average molecular weight is 249 g/mol. The van der Waals surface area contributed by atoms with Crippen LogP contribution in [0.4, 0.5) is 0 Å². The van der Waals surface area contributed by atoms with Crippen molar-refractivity contribution in [1.29, 1.82) is 0 Å². The van der Waals surface area contributed by atoms with Crippen molar-refractivity contribution in [1.82, 2.24) is 0 Å². The predicted molar refractivity (Wildman–Crippen MR) is 75.4 cm³/mol. The van der Waals surface area contributed by atoms with Gasteiger partial charge in [-0.05, 0) is 22.9 Å². The molecule has 2 N–H and O–H groups in total. The summed E-state index contributed by atoms with van der Waals surface area (Å²) in [5, 5.41) is 0.635. The first-order valence-electron chi connectivity index (χ1n) is 5.64. The third-order valence-electron chi connectivity index (χ3n) is 2.17. The van der Waals surface area contributed by atoms with E-state index in [-0.39, 0.29) is 0 Å². The van der Waals surface area contributed by atoms with Gasteiger partial charge in [0.2, 0.25) is 0 Å². The summed E-state index contributed by atoms with van der Waals surface area (Å²) < 4.78 is 5.27. The van der Waals surface area contributed by atoms with E-state index >= 15 is 0 Å². The van der Waals surface area contributed by atoms with E-state index in [4.69, 9.17) is 10.5 Å². The zero-order valence-electron chi connectivity index (χ0n) is 10.6. The molecule has 1 aromatic rings. The van der Waals surface area contributed by atoms with Crippen LogP contribution in [0.15, 0.2) is 18.2 Å². The number of thioether (sulfide) groups is 1. The number of methoxy groups -OCH3 is 1. The van der Waals surface area contributed by atoms with Crippen LogP contribution in [0.2, 0.25) is 0 Å². The monoisotopic (exact) mass is 249 g/mol. The molecular formula is C14H19NOS. The maximum Gasteiger partial charge on any atom is 0.134 e. The van der Waals surface area contributed by atoms with Crippen LogP contribution in [0.3, 0.4) is 0 Å². The maximum atomic E-state index is 5.39. The van der Waals surface area contributed by atoms with Crippen LogP contribution in [0.1, 0.15) is 25.0 Å². The van der Waals surface area contributed by atoms with Crippen molar-refractivity contribution in [2.75, 3.05) is 13.7 Å². The lowest BCUT2D eigenvalue weighted by atomic mass is 10.1. The van der Waals surface area contributed by atoms with Crippen molar-refractivity contribution in [2.45, 2.75) is 24.9 Å². The molecule has 1 aromatic carbocycles. The minimum atomic E-state index is 0.369. The molecule has 2 nitrogen and oxygen atoms in total. The fourth-order valence-corrected chi connectivity index (χ4v) is 2.06. The molecule has 0 atom stereocenters. The summed E-state index contributed by atoms with van der Waals surface area (Å²) in [7, 11) is 1.66. The number of rotatable bonds is 4. The maximum absolute atomic E-state index is 5.39. The predicted octanol–water partition coefficient (Wildman–Crippen LogP) is 2.65. The Kier molecular flexibility index (Phi) is 5.96. The van der Waals surface area contributed by atoms with E-state index in [9.17, 15) is 0 Å². The number of hydrogen-bond donors (Lipinski definition) is 1. The van der Waals surface area contributed by atoms with Crippen LogP contribution >= 0.6 is 11.8 Å². The Morgan fingerprint density at radius 2 is 2.18 bits per heavy atom. The van der Waals surface area contributed by atoms with Gasteiger partial charge >= 0.3 is 0 Å². The minimum Gasteiger partial charge on any atom is -0.495 e. The Balaban J connectivity index is 2.88. The Bertz CT molecular complexity index is 418. The van der Waals surface area contributed by atoms with Crippen LogP contribution in [0.5, 0.6) is 5.75 Å². The summed E-state index contributed by atoms with van der Waals surface area (Å²) in [4.78, 5) is 0. The molecule has 0 spiro atoms. The van der Waals surface area contributed by atoms with Crippen LogP contribution in [0, 0.1) is 11.8 Å². The fourth-order valence-electron chi connectivity index (χ4n) is 1.35. The molecule has 92 valence electrons. The van der Waals surface area contributed by atoms with E-state index < -0.39 is 0 Å². The standard InChI is InChI=1S/C14H19NOS/c1-11(2)17-10-12-6-7-14(16-3)13(9-12)5-4-8-15/h6-7,9,11H,8,10,15H2,1-3H3. The third kappa shape index (κ3) is 4.72. The zero-order valence-corrected chi connectivity index (χ0v) is 11.4. The summed E-state index contributed by atoms with van der Waals surface area (Å²) in [5.41, 5.74) is 7.57. The van der Waals surface area contributed by atoms with Gasteiger partial charge in [-0.25, -0.2) is 0 Å². The quantitative estimate of drug-likeness (QED) is 0.833. The Morgan fingerprint density at radius 3 is 2.76 bits per heavy atom. The lowest BCUT2D eigenvalue weighted by Gasteiger charge is -2.08. The molecule has 0 aliphatic rings. The van der Waals surface area contributed by atoms with E-state index in [1.807, 2.05) is 17.8 Å². The van der Waals surface area contributed by atoms with Gasteiger partial charge in [-0.2, -0.15) is 11.8 Å². The van der Waals surface area contributed by atoms with E-state index in [1.165, 1.54) is 5.56 Å². The second-order valence-electron chi connectivity index (χ2n) is 3.90. The Labute approximate surface area is 108 Å². The molecule has 17 heavy (non-hydrogen) atoms. The fraction of sp³-hybridized carbons (Fsp3) is 0.429. The first-order chi connectivity index (χ1) is 8.17. The topological polar surface area (TPSA) is 35.2 Å². The molecule has 0 heterocycles. The number of nitrogens with two attached hydrogens (primary N) is 1. The van der Waals surface area contributed by atoms with Gasteiger partial charge in [0.1, 0.15) is 5.75 Å². The summed E-state index contributed by atoms with van der Waals surface area (Å²) >= 11 is 1.92. The zero-order chi connectivity index (χ0) is 12.7. The van der Waals surface area contributed by atoms with Crippen molar-refractivity contribution in [2.24, 2.45) is 5.73 Å². The van der Waals surface area contributed by atoms with Gasteiger partial charge in [-0.1, -0.05) is 31.8 Å². The van der Waals surface area contributed by atoms with E-state index in [2.05, 4.69) is 37.8 Å². The number of benzene rings is 1. The highest BCUT2D eigenvalue weighted by Crippen LogP contribution is 2.23. The molecule has 1 rings (SSSR count). The molecule has 0 aliphatic carbocycles. The highest BCUT2D eigenvalue weighted by molar-refractivity contribution is 7.99. The van der Waals surface area contributed by atoms with Gasteiger partial charge < -0.3 is 10.5 Å². The summed E-state index contributed by atoms with van der Waals surface area (Å²) in [5.74, 6) is 7.71. The molecule has 0 radical (unpaired) electrons. The van der Waals surface area contributed by atoms with Crippen molar-refractivity contribution in [3.05, 3.63) is 29.3 Å². The molecule has 0 amide bonds. The van der Waals surface area contributed by atoms with Gasteiger partial charge in [0.05, 0.1) is 19.2 Å². The second kappa shape index (κ2) is 7.26. The Hall–Kier alpha value is -1.11. The number of hydrogen-bond acceptors (Lipinski definition) is 3. The van der Waals surface area contributed by atoms with Crippen LogP contribution in [0.25, 0.3) is 0 Å². The van der Waals surface area contributed by atoms with Crippen molar-refractivity contribution in [3.63, 3.8) is 0 Å². The van der Waals surface area contributed by atoms with E-state index in [0.717, 1.165) is 17.1 Å². The summed E-state index contributed by atoms with van der Waals surface area (Å²) in [6, 6.07) is 6.13. The highest BCUT2D eigenvalue weighted by atomic mass is 32.2. The van der Waals surface area contributed by atoms with E-state index in [1.54, 1.807) is 7.11 Å². The van der Waals surface area contributed by atoms with Gasteiger partial charge in [-0.3, -0.25) is 0 Å². The van der Waals surface area contributed by atoms with Crippen molar-refractivity contribution >= 4 is 11.8 Å². The summed E-state index contributed by atoms with van der Waals surface area (Å²) in [6.45, 7) is 4.76. The van der Waals surface area contributed by atoms with Crippen LogP contribution in [-0.4, -0.2) is 18.9 Å². The first kappa shape index (κ1) is 14.0. The van der Waals surface area contributed by atoms with Gasteiger partial charge in [0, 0.05) is 5.75 Å². The van der Waals surface area contributed by atoms with Crippen LogP contribution in [-0.2, 0) is 5.75 Å². The van der Waals surface area contributed by atoms with Crippen molar-refractivity contribution < 1.29 is 4.74 Å². The normalized spacial score (nSPS) is 9.94. The highest BCUT2D eigenvalue weighted by Gasteiger charge is 2.03. The first-order valence-corrected chi connectivity index (χ1v) is 6.69. The number of ether oxygens (including phenoxy) is 1. The molecular weight excluding hydrogens is 230 g/mol. The lowest BCUT2D eigenvalue weighted by Crippen LogP contribution is -1.95. The van der Waals surface area contributed by atoms with E-state index in [0.29, 0.717) is 11.8 Å². The van der Waals surface area contributed by atoms with Crippen LogP contribution < -0.4 is 10.5 Å². The average Bonchev–Trinajstić information content (AvgIpc) is 2.33. The largest absolute Gasteiger partial charge is 0.495 e. The summed E-state index contributed by atoms with van der Waals surface area (Å²) in [6.07, 6.45) is 0. The molecule has 3 heteroatoms. The van der Waals surface area contributed by atoms with Gasteiger partial charge in [0.15, 0.2) is 0 Å². The second-order valence-corrected chi connectivity index (χ2v) is 5.47. The SMILES string of the molecule is COc1ccc(CSC(C)C)cc1C#CCN. The molecule has 0 aliphatic heterocycles. The molecule has 0 saturated carbocycles. The van der Waals surface area contributed by atoms with Gasteiger partial charge in [0.25, 0.3) is 0 Å².